The molecule has 0 saturated carbocycles. The average Bonchev–Trinajstić information content (AvgIpc) is 3.26. The van der Waals surface area contributed by atoms with Gasteiger partial charge in [0.1, 0.15) is 23.7 Å². The van der Waals surface area contributed by atoms with Gasteiger partial charge in [0.05, 0.1) is 6.54 Å². The standard InChI is InChI=1S/C22H20FN7O3/c1-13-10-15(8-9-16(13)23)20-25-27-30(26-20)12-17(31)18-19(24)29(22(33)28(2)21(18)32)11-14-6-4-3-5-7-14/h3-10H,11-12,24H2,1-2H3. The zero-order chi connectivity index (χ0) is 23.7. The smallest absolute Gasteiger partial charge is 0.332 e. The highest BCUT2D eigenvalue weighted by Crippen LogP contribution is 2.17. The van der Waals surface area contributed by atoms with Crippen LogP contribution in [0.5, 0.6) is 0 Å². The van der Waals surface area contributed by atoms with Crippen LogP contribution in [0.4, 0.5) is 10.2 Å². The van der Waals surface area contributed by atoms with E-state index in [1.54, 1.807) is 37.3 Å². The third kappa shape index (κ3) is 4.20. The largest absolute Gasteiger partial charge is 0.384 e. The van der Waals surface area contributed by atoms with Gasteiger partial charge >= 0.3 is 5.69 Å². The molecule has 4 rings (SSSR count). The molecule has 33 heavy (non-hydrogen) atoms. The number of nitrogens with two attached hydrogens (primary N) is 1. The topological polar surface area (TPSA) is 131 Å². The Kier molecular flexibility index (Phi) is 5.69. The lowest BCUT2D eigenvalue weighted by Crippen LogP contribution is -2.43. The molecule has 11 heteroatoms. The molecule has 0 amide bonds. The number of hydrogen-bond donors (Lipinski definition) is 1. The second kappa shape index (κ2) is 8.61. The van der Waals surface area contributed by atoms with Crippen molar-refractivity contribution >= 4 is 11.6 Å². The number of aromatic nitrogens is 6. The van der Waals surface area contributed by atoms with E-state index in [0.29, 0.717) is 11.1 Å². The zero-order valence-electron chi connectivity index (χ0n) is 17.9. The highest BCUT2D eigenvalue weighted by molar-refractivity contribution is 5.99. The van der Waals surface area contributed by atoms with E-state index in [-0.39, 0.29) is 29.6 Å². The number of carbonyl (C=O) groups excluding carboxylic acids is 1. The second-order valence-corrected chi connectivity index (χ2v) is 7.51. The molecule has 0 fully saturated rings. The lowest BCUT2D eigenvalue weighted by atomic mass is 10.1. The van der Waals surface area contributed by atoms with E-state index < -0.39 is 23.6 Å². The van der Waals surface area contributed by atoms with E-state index in [9.17, 15) is 18.8 Å². The molecule has 0 aliphatic rings. The highest BCUT2D eigenvalue weighted by Gasteiger charge is 2.23. The van der Waals surface area contributed by atoms with Crippen LogP contribution in [0.15, 0.2) is 58.1 Å². The van der Waals surface area contributed by atoms with E-state index >= 15 is 0 Å². The Morgan fingerprint density at radius 2 is 1.85 bits per heavy atom. The summed E-state index contributed by atoms with van der Waals surface area (Å²) in [4.78, 5) is 39.3. The predicted octanol–water partition coefficient (Wildman–Crippen LogP) is 1.16. The highest BCUT2D eigenvalue weighted by atomic mass is 19.1. The summed E-state index contributed by atoms with van der Waals surface area (Å²) in [5.41, 5.74) is 6.06. The summed E-state index contributed by atoms with van der Waals surface area (Å²) in [6.45, 7) is 1.28. The molecule has 2 aromatic carbocycles. The Hall–Kier alpha value is -4.41. The van der Waals surface area contributed by atoms with Crippen LogP contribution in [-0.4, -0.2) is 35.1 Å². The van der Waals surface area contributed by atoms with Crippen molar-refractivity contribution < 1.29 is 9.18 Å². The number of aryl methyl sites for hydroxylation is 1. The quantitative estimate of drug-likeness (QED) is 0.437. The molecule has 2 heterocycles. The summed E-state index contributed by atoms with van der Waals surface area (Å²) in [5, 5.41) is 11.9. The number of rotatable bonds is 6. The fraction of sp³-hybridized carbons (Fsp3) is 0.182. The van der Waals surface area contributed by atoms with Gasteiger partial charge in [-0.25, -0.2) is 9.18 Å². The monoisotopic (exact) mass is 449 g/mol. The minimum Gasteiger partial charge on any atom is -0.384 e. The van der Waals surface area contributed by atoms with E-state index in [2.05, 4.69) is 15.4 Å². The number of nitrogen functional groups attached to an aromatic ring is 1. The minimum atomic E-state index is -0.804. The number of anilines is 1. The second-order valence-electron chi connectivity index (χ2n) is 7.51. The van der Waals surface area contributed by atoms with Gasteiger partial charge < -0.3 is 5.73 Å². The third-order valence-corrected chi connectivity index (χ3v) is 5.20. The maximum Gasteiger partial charge on any atom is 0.332 e. The SMILES string of the molecule is Cc1cc(-c2nnn(CC(=O)c3c(N)n(Cc4ccccc4)c(=O)n(C)c3=O)n2)ccc1F. The van der Waals surface area contributed by atoms with Crippen LogP contribution in [0.2, 0.25) is 0 Å². The first-order valence-electron chi connectivity index (χ1n) is 9.97. The summed E-state index contributed by atoms with van der Waals surface area (Å²) < 4.78 is 15.5. The van der Waals surface area contributed by atoms with Gasteiger partial charge in [-0.15, -0.1) is 10.2 Å². The Morgan fingerprint density at radius 1 is 1.12 bits per heavy atom. The molecular weight excluding hydrogens is 429 g/mol. The molecule has 0 aliphatic heterocycles. The fourth-order valence-corrected chi connectivity index (χ4v) is 3.38. The van der Waals surface area contributed by atoms with Crippen LogP contribution in [-0.2, 0) is 20.1 Å². The molecule has 2 aromatic heterocycles. The molecule has 0 saturated heterocycles. The number of halogens is 1. The summed E-state index contributed by atoms with van der Waals surface area (Å²) in [6, 6.07) is 13.4. The first-order valence-corrected chi connectivity index (χ1v) is 9.97. The predicted molar refractivity (Wildman–Crippen MR) is 118 cm³/mol. The van der Waals surface area contributed by atoms with Gasteiger partial charge in [-0.3, -0.25) is 18.7 Å². The molecule has 0 bridgehead atoms. The van der Waals surface area contributed by atoms with Crippen molar-refractivity contribution in [2.45, 2.75) is 20.0 Å². The summed E-state index contributed by atoms with van der Waals surface area (Å²) >= 11 is 0. The molecule has 0 unspecified atom stereocenters. The van der Waals surface area contributed by atoms with Crippen molar-refractivity contribution in [2.75, 3.05) is 5.73 Å². The number of ketones is 1. The fourth-order valence-electron chi connectivity index (χ4n) is 3.38. The third-order valence-electron chi connectivity index (χ3n) is 5.20. The summed E-state index contributed by atoms with van der Waals surface area (Å²) in [7, 11) is 1.28. The Balaban J connectivity index is 1.66. The van der Waals surface area contributed by atoms with Crippen molar-refractivity contribution in [1.29, 1.82) is 0 Å². The van der Waals surface area contributed by atoms with Crippen LogP contribution in [0.1, 0.15) is 21.5 Å². The first kappa shape index (κ1) is 21.8. The summed E-state index contributed by atoms with van der Waals surface area (Å²) in [5.74, 6) is -1.07. The van der Waals surface area contributed by atoms with Crippen LogP contribution in [0, 0.1) is 12.7 Å². The van der Waals surface area contributed by atoms with Crippen molar-refractivity contribution in [1.82, 2.24) is 29.3 Å². The van der Waals surface area contributed by atoms with Crippen molar-refractivity contribution in [3.8, 4) is 11.4 Å². The van der Waals surface area contributed by atoms with Crippen LogP contribution in [0.25, 0.3) is 11.4 Å². The Labute approximate surface area is 186 Å². The number of Topliss-reactive ketones (excluding diaryl/α,β-unsaturated/α-hetero) is 1. The normalized spacial score (nSPS) is 11.0. The molecule has 4 aromatic rings. The molecule has 0 aliphatic carbocycles. The Bertz CT molecular complexity index is 1470. The summed E-state index contributed by atoms with van der Waals surface area (Å²) in [6.07, 6.45) is 0. The first-order chi connectivity index (χ1) is 15.8. The van der Waals surface area contributed by atoms with E-state index in [4.69, 9.17) is 5.73 Å². The van der Waals surface area contributed by atoms with Crippen LogP contribution >= 0.6 is 0 Å². The van der Waals surface area contributed by atoms with Crippen LogP contribution < -0.4 is 17.0 Å². The number of carbonyl (C=O) groups is 1. The van der Waals surface area contributed by atoms with Gasteiger partial charge in [-0.05, 0) is 41.5 Å². The molecular formula is C22H20FN7O3. The molecule has 0 radical (unpaired) electrons. The lowest BCUT2D eigenvalue weighted by molar-refractivity contribution is 0.0959. The molecule has 10 nitrogen and oxygen atoms in total. The zero-order valence-corrected chi connectivity index (χ0v) is 17.9. The van der Waals surface area contributed by atoms with Gasteiger partial charge in [0.2, 0.25) is 5.82 Å². The van der Waals surface area contributed by atoms with Gasteiger partial charge in [0.15, 0.2) is 5.78 Å². The van der Waals surface area contributed by atoms with Crippen LogP contribution in [0.3, 0.4) is 0 Å². The van der Waals surface area contributed by atoms with Crippen molar-refractivity contribution in [3.05, 3.63) is 91.9 Å². The molecule has 0 spiro atoms. The molecule has 0 atom stereocenters. The maximum atomic E-state index is 13.5. The van der Waals surface area contributed by atoms with E-state index in [1.807, 2.05) is 6.07 Å². The van der Waals surface area contributed by atoms with Crippen molar-refractivity contribution in [3.63, 3.8) is 0 Å². The maximum absolute atomic E-state index is 13.5. The number of hydrogen-bond acceptors (Lipinski definition) is 7. The number of nitrogens with zero attached hydrogens (tertiary/aromatic N) is 6. The van der Waals surface area contributed by atoms with Gasteiger partial charge in [0.25, 0.3) is 5.56 Å². The molecule has 2 N–H and O–H groups in total. The van der Waals surface area contributed by atoms with Crippen molar-refractivity contribution in [2.24, 2.45) is 7.05 Å². The molecule has 168 valence electrons. The number of benzene rings is 2. The average molecular weight is 449 g/mol. The van der Waals surface area contributed by atoms with Gasteiger partial charge in [-0.1, -0.05) is 30.3 Å². The number of tetrazole rings is 1. The van der Waals surface area contributed by atoms with E-state index in [1.165, 1.54) is 23.7 Å². The lowest BCUT2D eigenvalue weighted by Gasteiger charge is -2.14. The van der Waals surface area contributed by atoms with Gasteiger partial charge in [0, 0.05) is 12.6 Å². The Morgan fingerprint density at radius 3 is 2.55 bits per heavy atom. The van der Waals surface area contributed by atoms with Gasteiger partial charge in [-0.2, -0.15) is 4.80 Å². The van der Waals surface area contributed by atoms with E-state index in [0.717, 1.165) is 14.9 Å². The minimum absolute atomic E-state index is 0.0928.